The number of H-pyrrole nitrogens is 1. The fraction of sp³-hybridized carbons (Fsp3) is 0.333. The minimum Gasteiger partial charge on any atom is -0.494 e. The summed E-state index contributed by atoms with van der Waals surface area (Å²) in [7, 11) is 0. The minimum absolute atomic E-state index is 0. The molecule has 2 heterocycles. The summed E-state index contributed by atoms with van der Waals surface area (Å²) >= 11 is 0. The molecule has 1 aromatic heterocycles. The van der Waals surface area contributed by atoms with E-state index in [0.717, 1.165) is 30.3 Å². The standard InChI is InChI=1S/C21H23FN4O2.ClH/c1-2-28-15-6-7-18(22)16(11-15)13-5-8-19-17(10-13)20(26-25-19)24-21(27)14-4-3-9-23-12-14;/h5-8,10-11,14,23H,2-4,9,12H2,1H3,(H2,24,25,26,27);1H/t14-;/m1./s1. The first-order valence-corrected chi connectivity index (χ1v) is 9.58. The van der Waals surface area contributed by atoms with Crippen LogP contribution in [0.15, 0.2) is 36.4 Å². The predicted octanol–water partition coefficient (Wildman–Crippen LogP) is 4.13. The highest BCUT2D eigenvalue weighted by molar-refractivity contribution is 6.01. The molecule has 4 rings (SSSR count). The molecule has 0 spiro atoms. The summed E-state index contributed by atoms with van der Waals surface area (Å²) in [6.45, 7) is 4.02. The Morgan fingerprint density at radius 2 is 2.17 bits per heavy atom. The van der Waals surface area contributed by atoms with Crippen LogP contribution in [-0.4, -0.2) is 35.8 Å². The number of hydrogen-bond acceptors (Lipinski definition) is 4. The maximum Gasteiger partial charge on any atom is 0.229 e. The summed E-state index contributed by atoms with van der Waals surface area (Å²) in [6.07, 6.45) is 1.85. The Kier molecular flexibility index (Phi) is 6.71. The van der Waals surface area contributed by atoms with Crippen molar-refractivity contribution in [3.05, 3.63) is 42.2 Å². The number of rotatable bonds is 5. The minimum atomic E-state index is -0.329. The molecule has 0 bridgehead atoms. The van der Waals surface area contributed by atoms with E-state index in [9.17, 15) is 9.18 Å². The first-order valence-electron chi connectivity index (χ1n) is 9.58. The van der Waals surface area contributed by atoms with E-state index in [1.807, 2.05) is 25.1 Å². The fourth-order valence-corrected chi connectivity index (χ4v) is 3.55. The SMILES string of the molecule is CCOc1ccc(F)c(-c2ccc3[nH]nc(NC(=O)[C@@H]4CCCNC4)c3c2)c1.Cl. The van der Waals surface area contributed by atoms with Crippen molar-refractivity contribution in [1.82, 2.24) is 15.5 Å². The molecule has 0 aliphatic carbocycles. The molecule has 2 aromatic carbocycles. The number of amides is 1. The van der Waals surface area contributed by atoms with E-state index in [4.69, 9.17) is 4.74 Å². The number of anilines is 1. The molecular formula is C21H24ClFN4O2. The van der Waals surface area contributed by atoms with Crippen LogP contribution in [0.1, 0.15) is 19.8 Å². The van der Waals surface area contributed by atoms with Gasteiger partial charge in [0.25, 0.3) is 0 Å². The van der Waals surface area contributed by atoms with Crippen LogP contribution in [0.25, 0.3) is 22.0 Å². The number of benzene rings is 2. The van der Waals surface area contributed by atoms with E-state index in [2.05, 4.69) is 20.8 Å². The van der Waals surface area contributed by atoms with E-state index in [0.29, 0.717) is 35.8 Å². The van der Waals surface area contributed by atoms with E-state index < -0.39 is 0 Å². The van der Waals surface area contributed by atoms with Crippen molar-refractivity contribution >= 4 is 35.0 Å². The van der Waals surface area contributed by atoms with Gasteiger partial charge in [-0.05, 0) is 62.2 Å². The van der Waals surface area contributed by atoms with Gasteiger partial charge in [0.2, 0.25) is 5.91 Å². The maximum absolute atomic E-state index is 14.4. The number of nitrogens with zero attached hydrogens (tertiary/aromatic N) is 1. The van der Waals surface area contributed by atoms with Gasteiger partial charge in [0.15, 0.2) is 5.82 Å². The van der Waals surface area contributed by atoms with Gasteiger partial charge >= 0.3 is 0 Å². The molecule has 0 saturated carbocycles. The molecule has 1 amide bonds. The molecule has 1 saturated heterocycles. The molecule has 1 aliphatic rings. The number of carbonyl (C=O) groups is 1. The largest absolute Gasteiger partial charge is 0.494 e. The molecule has 154 valence electrons. The van der Waals surface area contributed by atoms with E-state index in [-0.39, 0.29) is 30.0 Å². The van der Waals surface area contributed by atoms with Gasteiger partial charge < -0.3 is 15.4 Å². The smallest absolute Gasteiger partial charge is 0.229 e. The Morgan fingerprint density at radius 1 is 1.31 bits per heavy atom. The van der Waals surface area contributed by atoms with Crippen LogP contribution in [0, 0.1) is 11.7 Å². The Balaban J connectivity index is 0.00000240. The molecule has 3 N–H and O–H groups in total. The van der Waals surface area contributed by atoms with Crippen molar-refractivity contribution in [3.8, 4) is 16.9 Å². The van der Waals surface area contributed by atoms with Gasteiger partial charge in [0, 0.05) is 17.5 Å². The summed E-state index contributed by atoms with van der Waals surface area (Å²) in [5.41, 5.74) is 1.92. The number of halogens is 2. The van der Waals surface area contributed by atoms with Crippen molar-refractivity contribution in [1.29, 1.82) is 0 Å². The van der Waals surface area contributed by atoms with Crippen molar-refractivity contribution in [3.63, 3.8) is 0 Å². The van der Waals surface area contributed by atoms with Gasteiger partial charge in [0.05, 0.1) is 18.0 Å². The van der Waals surface area contributed by atoms with Crippen LogP contribution in [-0.2, 0) is 4.79 Å². The molecule has 6 nitrogen and oxygen atoms in total. The zero-order chi connectivity index (χ0) is 19.5. The maximum atomic E-state index is 14.4. The molecule has 0 radical (unpaired) electrons. The van der Waals surface area contributed by atoms with Gasteiger partial charge in [0.1, 0.15) is 11.6 Å². The van der Waals surface area contributed by atoms with Crippen molar-refractivity contribution in [2.45, 2.75) is 19.8 Å². The zero-order valence-corrected chi connectivity index (χ0v) is 16.9. The van der Waals surface area contributed by atoms with Crippen LogP contribution in [0.5, 0.6) is 5.75 Å². The lowest BCUT2D eigenvalue weighted by Crippen LogP contribution is -2.37. The summed E-state index contributed by atoms with van der Waals surface area (Å²) < 4.78 is 19.9. The number of aromatic amines is 1. The van der Waals surface area contributed by atoms with Gasteiger partial charge in [-0.25, -0.2) is 4.39 Å². The molecule has 1 aliphatic heterocycles. The number of piperidine rings is 1. The van der Waals surface area contributed by atoms with Gasteiger partial charge in [-0.2, -0.15) is 5.10 Å². The third kappa shape index (κ3) is 4.52. The van der Waals surface area contributed by atoms with Gasteiger partial charge in [-0.3, -0.25) is 9.89 Å². The number of aromatic nitrogens is 2. The summed E-state index contributed by atoms with van der Waals surface area (Å²) in [4.78, 5) is 12.6. The third-order valence-corrected chi connectivity index (χ3v) is 5.03. The lowest BCUT2D eigenvalue weighted by Gasteiger charge is -2.21. The Morgan fingerprint density at radius 3 is 2.93 bits per heavy atom. The Bertz CT molecular complexity index is 1000. The zero-order valence-electron chi connectivity index (χ0n) is 16.1. The molecule has 8 heteroatoms. The van der Waals surface area contributed by atoms with E-state index in [1.165, 1.54) is 6.07 Å². The second-order valence-electron chi connectivity index (χ2n) is 6.94. The topological polar surface area (TPSA) is 79.0 Å². The molecule has 1 atom stereocenters. The van der Waals surface area contributed by atoms with Crippen molar-refractivity contribution in [2.75, 3.05) is 25.0 Å². The second kappa shape index (κ2) is 9.24. The normalized spacial score (nSPS) is 16.3. The van der Waals surface area contributed by atoms with Crippen LogP contribution in [0.3, 0.4) is 0 Å². The lowest BCUT2D eigenvalue weighted by molar-refractivity contribution is -0.120. The van der Waals surface area contributed by atoms with E-state index >= 15 is 0 Å². The van der Waals surface area contributed by atoms with Gasteiger partial charge in [-0.15, -0.1) is 12.4 Å². The second-order valence-corrected chi connectivity index (χ2v) is 6.94. The molecule has 0 unspecified atom stereocenters. The Labute approximate surface area is 174 Å². The van der Waals surface area contributed by atoms with Crippen LogP contribution >= 0.6 is 12.4 Å². The highest BCUT2D eigenvalue weighted by Crippen LogP contribution is 2.31. The number of ether oxygens (including phenoxy) is 1. The van der Waals surface area contributed by atoms with Crippen LogP contribution in [0.4, 0.5) is 10.2 Å². The van der Waals surface area contributed by atoms with Crippen LogP contribution in [0.2, 0.25) is 0 Å². The monoisotopic (exact) mass is 418 g/mol. The number of carbonyl (C=O) groups excluding carboxylic acids is 1. The molecule has 3 aromatic rings. The number of hydrogen-bond donors (Lipinski definition) is 3. The third-order valence-electron chi connectivity index (χ3n) is 5.03. The summed E-state index contributed by atoms with van der Waals surface area (Å²) in [5.74, 6) is 0.642. The molecular weight excluding hydrogens is 395 g/mol. The highest BCUT2D eigenvalue weighted by Gasteiger charge is 2.22. The number of nitrogens with one attached hydrogen (secondary N) is 3. The first kappa shape index (κ1) is 21.1. The summed E-state index contributed by atoms with van der Waals surface area (Å²) in [5, 5.41) is 14.1. The Hall–Kier alpha value is -2.64. The molecule has 29 heavy (non-hydrogen) atoms. The van der Waals surface area contributed by atoms with E-state index in [1.54, 1.807) is 12.1 Å². The predicted molar refractivity (Wildman–Crippen MR) is 114 cm³/mol. The van der Waals surface area contributed by atoms with Crippen LogP contribution < -0.4 is 15.4 Å². The average molecular weight is 419 g/mol. The fourth-order valence-electron chi connectivity index (χ4n) is 3.55. The highest BCUT2D eigenvalue weighted by atomic mass is 35.5. The first-order chi connectivity index (χ1) is 13.7. The quantitative estimate of drug-likeness (QED) is 0.582. The summed E-state index contributed by atoms with van der Waals surface area (Å²) in [6, 6.07) is 10.2. The number of fused-ring (bicyclic) bond motifs is 1. The average Bonchev–Trinajstić information content (AvgIpc) is 3.12. The van der Waals surface area contributed by atoms with Gasteiger partial charge in [-0.1, -0.05) is 6.07 Å². The lowest BCUT2D eigenvalue weighted by atomic mass is 9.99. The molecule has 1 fully saturated rings. The van der Waals surface area contributed by atoms with Crippen molar-refractivity contribution in [2.24, 2.45) is 5.92 Å². The van der Waals surface area contributed by atoms with Crippen molar-refractivity contribution < 1.29 is 13.9 Å².